The van der Waals surface area contributed by atoms with Crippen molar-refractivity contribution in [1.29, 1.82) is 0 Å². The van der Waals surface area contributed by atoms with Gasteiger partial charge in [-0.3, -0.25) is 43.2 Å². The first-order valence-electron chi connectivity index (χ1n) is 40.9. The van der Waals surface area contributed by atoms with Gasteiger partial charge in [-0.05, 0) is 140 Å². The van der Waals surface area contributed by atoms with Gasteiger partial charge in [0.2, 0.25) is 35.4 Å². The quantitative estimate of drug-likeness (QED) is 0.0411. The Morgan fingerprint density at radius 2 is 0.881 bits per heavy atom. The Bertz CT molecular complexity index is 5010. The van der Waals surface area contributed by atoms with Crippen LogP contribution in [-0.2, 0) is 77.7 Å². The number of amides is 9. The van der Waals surface area contributed by atoms with Crippen LogP contribution >= 0.6 is 22.9 Å². The van der Waals surface area contributed by atoms with E-state index < -0.39 is 54.6 Å². The Morgan fingerprint density at radius 3 is 1.24 bits per heavy atom. The van der Waals surface area contributed by atoms with Crippen LogP contribution in [0, 0.1) is 31.2 Å². The largest absolute Gasteiger partial charge is 0.391 e. The smallest absolute Gasteiger partial charge is 0.255 e. The maximum atomic E-state index is 14.1. The van der Waals surface area contributed by atoms with Gasteiger partial charge in [0.05, 0.1) is 47.0 Å². The molecule has 626 valence electrons. The summed E-state index contributed by atoms with van der Waals surface area (Å²) in [7, 11) is 0. The molecule has 6 aliphatic heterocycles. The number of carbonyl (C=O) groups excluding carboxylic acids is 9. The number of fused-ring (bicyclic) bond motifs is 3. The number of nitrogens with zero attached hydrogens (tertiary/aromatic N) is 8. The zero-order valence-corrected chi connectivity index (χ0v) is 72.4. The molecule has 0 saturated carbocycles. The minimum Gasteiger partial charge on any atom is -0.391 e. The van der Waals surface area contributed by atoms with E-state index in [1.165, 1.54) is 14.7 Å². The molecule has 0 bridgehead atoms. The number of aliphatic hydroxyl groups is 3. The highest BCUT2D eigenvalue weighted by Gasteiger charge is 2.50. The molecule has 9 amide bonds. The van der Waals surface area contributed by atoms with E-state index >= 15 is 0 Å². The van der Waals surface area contributed by atoms with Crippen LogP contribution in [0.25, 0.3) is 15.3 Å². The lowest BCUT2D eigenvalue weighted by molar-refractivity contribution is -0.143. The number of aryl methyl sites for hydroxylation is 1. The van der Waals surface area contributed by atoms with Crippen molar-refractivity contribution in [3.8, 4) is 10.4 Å². The highest BCUT2D eigenvalue weighted by molar-refractivity contribution is 7.13. The summed E-state index contributed by atoms with van der Waals surface area (Å²) < 4.78 is 0. The van der Waals surface area contributed by atoms with Gasteiger partial charge in [-0.25, -0.2) is 9.83 Å². The molecule has 6 aromatic carbocycles. The van der Waals surface area contributed by atoms with Crippen molar-refractivity contribution in [3.63, 3.8) is 0 Å². The number of nitrogens with one attached hydrogen (secondary N) is 3. The minimum absolute atomic E-state index is 0.0437. The van der Waals surface area contributed by atoms with Crippen molar-refractivity contribution in [2.45, 2.75) is 247 Å². The molecule has 1 aromatic heterocycles. The lowest BCUT2D eigenvalue weighted by Crippen LogP contribution is -2.55. The van der Waals surface area contributed by atoms with E-state index in [4.69, 9.17) is 18.2 Å². The lowest BCUT2D eigenvalue weighted by Gasteiger charge is -2.35. The second kappa shape index (κ2) is 36.2. The predicted molar refractivity (Wildman–Crippen MR) is 456 cm³/mol. The third kappa shape index (κ3) is 19.2. The molecular formula is C93H114ClN11O12S. The van der Waals surface area contributed by atoms with Crippen molar-refractivity contribution >= 4 is 81.8 Å². The molecule has 3 fully saturated rings. The molecule has 7 heterocycles. The van der Waals surface area contributed by atoms with Crippen molar-refractivity contribution in [1.82, 2.24) is 50.3 Å². The Hall–Kier alpha value is -10.2. The first kappa shape index (κ1) is 88.6. The van der Waals surface area contributed by atoms with E-state index in [-0.39, 0.29) is 145 Å². The summed E-state index contributed by atoms with van der Waals surface area (Å²) in [5, 5.41) is 41.2. The average molecular weight is 1650 g/mol. The summed E-state index contributed by atoms with van der Waals surface area (Å²) in [6.45, 7) is 43.3. The van der Waals surface area contributed by atoms with E-state index in [0.717, 1.165) is 66.2 Å². The molecule has 0 aliphatic carbocycles. The van der Waals surface area contributed by atoms with Gasteiger partial charge in [0.15, 0.2) is 5.69 Å². The fourth-order valence-corrected chi connectivity index (χ4v) is 18.4. The number of likely N-dealkylation sites (tertiary alicyclic amines) is 3. The van der Waals surface area contributed by atoms with Gasteiger partial charge in [-0.15, -0.1) is 11.3 Å². The third-order valence-electron chi connectivity index (χ3n) is 23.3. The van der Waals surface area contributed by atoms with Gasteiger partial charge in [0.1, 0.15) is 36.3 Å². The maximum absolute atomic E-state index is 14.1. The molecule has 13 rings (SSSR count). The van der Waals surface area contributed by atoms with Crippen LogP contribution < -0.4 is 16.0 Å². The Morgan fingerprint density at radius 1 is 0.508 bits per heavy atom. The SMILES string of the molecule is CC(C)C(C(=O)N1CC(O)CC1C(=O)NCc1ccc(Cl)cc1C(C)(C)C)N1Cc2ccccc2C1=O.Cc1ncsc1-c1ccc(C(C)NC(=O)C2CC(O)CN2C(=O)C(C(C)C)N2Cc3ccccc3C2=O)c(C(C)(C)C)c1.[C-]#[N+]c1ccc(CNC(=O)C2CC(O)CN2C(=O)C(C(C)C)N2Cc3ccccc3C2=O)c(C(C)(C)C)c1. The number of hydrogen-bond acceptors (Lipinski definition) is 14. The predicted octanol–water partition coefficient (Wildman–Crippen LogP) is 12.9. The molecule has 7 aromatic rings. The fourth-order valence-electron chi connectivity index (χ4n) is 17.4. The molecule has 10 atom stereocenters. The van der Waals surface area contributed by atoms with E-state index in [2.05, 4.69) is 106 Å². The van der Waals surface area contributed by atoms with Gasteiger partial charge in [-0.2, -0.15) is 0 Å². The van der Waals surface area contributed by atoms with Crippen molar-refractivity contribution in [2.24, 2.45) is 17.8 Å². The number of thiazole rings is 1. The van der Waals surface area contributed by atoms with Crippen LogP contribution in [0.5, 0.6) is 0 Å². The first-order chi connectivity index (χ1) is 55.6. The van der Waals surface area contributed by atoms with Crippen LogP contribution in [0.3, 0.4) is 0 Å². The number of β-amino-alcohol motifs (C(OH)–C–C–N with tert-alkyl or cyclic N) is 3. The molecule has 25 heteroatoms. The zero-order chi connectivity index (χ0) is 86.1. The third-order valence-corrected chi connectivity index (χ3v) is 24.5. The number of halogens is 1. The number of aliphatic hydroxyl groups excluding tert-OH is 3. The van der Waals surface area contributed by atoms with Gasteiger partial charge < -0.3 is 60.7 Å². The number of aromatic nitrogens is 1. The monoisotopic (exact) mass is 1640 g/mol. The van der Waals surface area contributed by atoms with Crippen LogP contribution in [-0.4, -0.2) is 177 Å². The Labute approximate surface area is 702 Å². The summed E-state index contributed by atoms with van der Waals surface area (Å²) in [6.07, 6.45) is -2.00. The van der Waals surface area contributed by atoms with Crippen LogP contribution in [0.15, 0.2) is 133 Å². The van der Waals surface area contributed by atoms with E-state index in [1.807, 2.05) is 140 Å². The second-order valence-electron chi connectivity index (χ2n) is 36.3. The number of hydrogen-bond donors (Lipinski definition) is 6. The topological polar surface area (TPSA) is 287 Å². The summed E-state index contributed by atoms with van der Waals surface area (Å²) in [5.41, 5.74) is 14.4. The standard InChI is InChI=1S/C34H42N4O4S.C30H36N4O4.C29H36ClN3O4/c1-19(2)29(38-16-23-10-8-9-11-26(23)32(38)41)33(42)37-17-24(39)15-28(37)31(40)36-20(3)25-13-12-22(14-27(25)34(5,6)7)30-21(4)35-18-43-30;1-18(2)26(34-16-20-9-7-8-10-23(20)28(34)37)29(38)33-17-22(35)14-25(33)27(36)32-15-19-11-12-21(31-6)13-24(19)30(3,4)5;1-17(2)25(33-15-19-8-6-7-9-22(19)27(33)36)28(37)32-16-21(34)13-24(32)26(35)31-14-18-10-11-20(30)12-23(18)29(3,4)5/h8-14,18-20,24,28-29,39H,15-17H2,1-7H3,(H,36,40);7-13,18,22,25-26,35H,14-17H2,1-5H3,(H,32,36);6-12,17,21,24-25,34H,13-16H2,1-5H3,(H,31,35). The van der Waals surface area contributed by atoms with Crippen LogP contribution in [0.2, 0.25) is 5.02 Å². The molecule has 10 unspecified atom stereocenters. The maximum Gasteiger partial charge on any atom is 0.255 e. The van der Waals surface area contributed by atoms with Gasteiger partial charge >= 0.3 is 0 Å². The normalized spacial score (nSPS) is 20.1. The molecular weight excluding hydrogens is 1530 g/mol. The second-order valence-corrected chi connectivity index (χ2v) is 37.6. The van der Waals surface area contributed by atoms with Crippen molar-refractivity contribution in [3.05, 3.63) is 222 Å². The molecule has 0 spiro atoms. The van der Waals surface area contributed by atoms with Crippen LogP contribution in [0.1, 0.15) is 223 Å². The molecule has 3 saturated heterocycles. The van der Waals surface area contributed by atoms with Gasteiger partial charge in [0, 0.05) is 93.3 Å². The number of carbonyl (C=O) groups is 9. The summed E-state index contributed by atoms with van der Waals surface area (Å²) in [4.78, 5) is 140. The highest BCUT2D eigenvalue weighted by atomic mass is 35.5. The van der Waals surface area contributed by atoms with E-state index in [9.17, 15) is 58.5 Å². The molecule has 0 radical (unpaired) electrons. The van der Waals surface area contributed by atoms with Gasteiger partial charge in [0.25, 0.3) is 17.7 Å². The zero-order valence-electron chi connectivity index (χ0n) is 70.9. The number of benzene rings is 6. The number of rotatable bonds is 19. The Kier molecular flexibility index (Phi) is 27.2. The summed E-state index contributed by atoms with van der Waals surface area (Å²) in [5.74, 6) is -2.99. The fraction of sp³-hybridized carbons (Fsp3) is 0.473. The van der Waals surface area contributed by atoms with Crippen molar-refractivity contribution in [2.75, 3.05) is 19.6 Å². The summed E-state index contributed by atoms with van der Waals surface area (Å²) >= 11 is 7.83. The first-order valence-corrected chi connectivity index (χ1v) is 42.2. The molecule has 23 nitrogen and oxygen atoms in total. The lowest BCUT2D eigenvalue weighted by atomic mass is 9.81. The molecule has 6 N–H and O–H groups in total. The average Bonchev–Trinajstić information content (AvgIpc) is 1.61. The van der Waals surface area contributed by atoms with Crippen molar-refractivity contribution < 1.29 is 58.5 Å². The van der Waals surface area contributed by atoms with Crippen LogP contribution in [0.4, 0.5) is 5.69 Å². The minimum atomic E-state index is -0.834. The summed E-state index contributed by atoms with van der Waals surface area (Å²) in [6, 6.07) is 34.5. The van der Waals surface area contributed by atoms with E-state index in [0.29, 0.717) is 47.0 Å². The molecule has 118 heavy (non-hydrogen) atoms. The van der Waals surface area contributed by atoms with E-state index in [1.54, 1.807) is 56.4 Å². The highest BCUT2D eigenvalue weighted by Crippen LogP contribution is 2.40. The van der Waals surface area contributed by atoms with Gasteiger partial charge in [-0.1, -0.05) is 206 Å². The molecule has 6 aliphatic rings. The Balaban J connectivity index is 0.000000174.